The van der Waals surface area contributed by atoms with Crippen LogP contribution in [0.25, 0.3) is 0 Å². The van der Waals surface area contributed by atoms with E-state index in [1.807, 2.05) is 0 Å². The molecule has 6 nitrogen and oxygen atoms in total. The highest BCUT2D eigenvalue weighted by molar-refractivity contribution is 5.95. The molecule has 1 heterocycles. The molecule has 0 aliphatic carbocycles. The summed E-state index contributed by atoms with van der Waals surface area (Å²) in [5.74, 6) is -1.25. The first-order valence-corrected chi connectivity index (χ1v) is 5.72. The van der Waals surface area contributed by atoms with E-state index in [1.54, 1.807) is 17.4 Å². The molecule has 0 radical (unpaired) electrons. The summed E-state index contributed by atoms with van der Waals surface area (Å²) in [5, 5.41) is 22.6. The van der Waals surface area contributed by atoms with Gasteiger partial charge in [0.05, 0.1) is 5.56 Å². The number of carboxylic acid groups (broad SMARTS) is 1. The maximum Gasteiger partial charge on any atom is 0.335 e. The predicted octanol–water partition coefficient (Wildman–Crippen LogP) is -3.98. The first-order chi connectivity index (χ1) is 8.56. The fourth-order valence-corrected chi connectivity index (χ4v) is 1.99. The number of aliphatic hydroxyl groups is 1. The van der Waals surface area contributed by atoms with Crippen molar-refractivity contribution in [1.29, 1.82) is 0 Å². The Morgan fingerprint density at radius 3 is 2.68 bits per heavy atom. The van der Waals surface area contributed by atoms with E-state index in [0.717, 1.165) is 0 Å². The molecule has 1 saturated heterocycles. The lowest BCUT2D eigenvalue weighted by molar-refractivity contribution is -0.659. The number of benzene rings is 1. The number of quaternary nitrogens is 1. The van der Waals surface area contributed by atoms with Gasteiger partial charge in [-0.2, -0.15) is 0 Å². The van der Waals surface area contributed by atoms with Gasteiger partial charge in [0, 0.05) is 12.1 Å². The van der Waals surface area contributed by atoms with Crippen LogP contribution < -0.4 is 23.0 Å². The van der Waals surface area contributed by atoms with Crippen molar-refractivity contribution in [1.82, 2.24) is 0 Å². The molecule has 0 saturated carbocycles. The predicted molar refractivity (Wildman–Crippen MR) is 63.2 cm³/mol. The number of halogens is 1. The molecule has 1 amide bonds. The normalized spacial score (nSPS) is 21.5. The highest BCUT2D eigenvalue weighted by atomic mass is 35.5. The van der Waals surface area contributed by atoms with Gasteiger partial charge in [-0.25, -0.2) is 4.79 Å². The number of nitrogens with one attached hydrogen (secondary N) is 1. The van der Waals surface area contributed by atoms with Crippen LogP contribution in [0.3, 0.4) is 0 Å². The second kappa shape index (κ2) is 6.51. The van der Waals surface area contributed by atoms with Crippen LogP contribution in [0.4, 0.5) is 5.69 Å². The van der Waals surface area contributed by atoms with Crippen molar-refractivity contribution in [2.45, 2.75) is 18.6 Å². The Bertz CT molecular complexity index is 481. The quantitative estimate of drug-likeness (QED) is 0.455. The molecular formula is C12H15ClN2O4. The maximum absolute atomic E-state index is 11.8. The Hall–Kier alpha value is -1.63. The van der Waals surface area contributed by atoms with Crippen molar-refractivity contribution < 1.29 is 37.5 Å². The number of rotatable bonds is 3. The van der Waals surface area contributed by atoms with Crippen LogP contribution in [-0.4, -0.2) is 40.8 Å². The molecule has 0 unspecified atom stereocenters. The fourth-order valence-electron chi connectivity index (χ4n) is 1.99. The van der Waals surface area contributed by atoms with E-state index in [1.165, 1.54) is 12.1 Å². The Labute approximate surface area is 116 Å². The summed E-state index contributed by atoms with van der Waals surface area (Å²) < 4.78 is 0. The lowest BCUT2D eigenvalue weighted by Crippen LogP contribution is -3.00. The lowest BCUT2D eigenvalue weighted by Gasteiger charge is -2.09. The van der Waals surface area contributed by atoms with Crippen molar-refractivity contribution >= 4 is 17.6 Å². The summed E-state index contributed by atoms with van der Waals surface area (Å²) in [6.45, 7) is 0.521. The third kappa shape index (κ3) is 3.92. The molecule has 1 aliphatic heterocycles. The average Bonchev–Trinajstić information content (AvgIpc) is 2.76. The number of anilines is 1. The standard InChI is InChI=1S/C12H14N2O4.ClH/c15-9-5-10(13-6-9)11(16)14-8-3-1-2-7(4-8)12(17)18;/h1-4,9-10,13,15H,5-6H2,(H,14,16)(H,17,18);1H/t9-,10-;/m0./s1. The first kappa shape index (κ1) is 15.4. The molecule has 5 N–H and O–H groups in total. The molecule has 2 rings (SSSR count). The van der Waals surface area contributed by atoms with Gasteiger partial charge in [-0.1, -0.05) is 6.07 Å². The molecule has 1 aromatic rings. The average molecular weight is 287 g/mol. The largest absolute Gasteiger partial charge is 1.00 e. The summed E-state index contributed by atoms with van der Waals surface area (Å²) >= 11 is 0. The minimum Gasteiger partial charge on any atom is -1.00 e. The van der Waals surface area contributed by atoms with Crippen molar-refractivity contribution in [3.63, 3.8) is 0 Å². The van der Waals surface area contributed by atoms with Gasteiger partial charge in [-0.05, 0) is 18.2 Å². The lowest BCUT2D eigenvalue weighted by atomic mass is 10.1. The fraction of sp³-hybridized carbons (Fsp3) is 0.333. The maximum atomic E-state index is 11.8. The monoisotopic (exact) mass is 286 g/mol. The topological polar surface area (TPSA) is 103 Å². The first-order valence-electron chi connectivity index (χ1n) is 5.72. The van der Waals surface area contributed by atoms with E-state index in [2.05, 4.69) is 5.32 Å². The summed E-state index contributed by atoms with van der Waals surface area (Å²) in [7, 11) is 0. The van der Waals surface area contributed by atoms with Crippen LogP contribution in [-0.2, 0) is 4.79 Å². The summed E-state index contributed by atoms with van der Waals surface area (Å²) in [6, 6.07) is 5.77. The van der Waals surface area contributed by atoms with Gasteiger partial charge in [0.25, 0.3) is 5.91 Å². The Morgan fingerprint density at radius 1 is 1.37 bits per heavy atom. The number of nitrogens with two attached hydrogens (primary N) is 1. The number of hydrogen-bond acceptors (Lipinski definition) is 3. The van der Waals surface area contributed by atoms with Crippen molar-refractivity contribution in [2.24, 2.45) is 0 Å². The van der Waals surface area contributed by atoms with Crippen molar-refractivity contribution in [3.8, 4) is 0 Å². The van der Waals surface area contributed by atoms with E-state index >= 15 is 0 Å². The number of hydrogen-bond donors (Lipinski definition) is 4. The smallest absolute Gasteiger partial charge is 0.335 e. The summed E-state index contributed by atoms with van der Waals surface area (Å²) in [5.41, 5.74) is 0.581. The van der Waals surface area contributed by atoms with Crippen LogP contribution >= 0.6 is 0 Å². The SMILES string of the molecule is O=C(O)c1cccc(NC(=O)[C@@H]2C[C@H](O)C[NH2+]2)c1.[Cl-]. The third-order valence-electron chi connectivity index (χ3n) is 2.93. The van der Waals surface area contributed by atoms with Gasteiger partial charge < -0.3 is 33.3 Å². The van der Waals surface area contributed by atoms with Crippen LogP contribution in [0.2, 0.25) is 0 Å². The van der Waals surface area contributed by atoms with E-state index in [9.17, 15) is 14.7 Å². The number of carbonyl (C=O) groups excluding carboxylic acids is 1. The van der Waals surface area contributed by atoms with Gasteiger partial charge in [0.15, 0.2) is 6.04 Å². The van der Waals surface area contributed by atoms with Gasteiger partial charge in [-0.3, -0.25) is 4.79 Å². The molecule has 19 heavy (non-hydrogen) atoms. The van der Waals surface area contributed by atoms with Crippen molar-refractivity contribution in [3.05, 3.63) is 29.8 Å². The van der Waals surface area contributed by atoms with Crippen LogP contribution in [0.15, 0.2) is 24.3 Å². The number of carboxylic acids is 1. The van der Waals surface area contributed by atoms with Crippen LogP contribution in [0.5, 0.6) is 0 Å². The molecule has 2 atom stereocenters. The highest BCUT2D eigenvalue weighted by Gasteiger charge is 2.32. The second-order valence-electron chi connectivity index (χ2n) is 4.34. The minimum absolute atomic E-state index is 0. The van der Waals surface area contributed by atoms with Crippen LogP contribution in [0, 0.1) is 0 Å². The van der Waals surface area contributed by atoms with E-state index in [0.29, 0.717) is 18.7 Å². The third-order valence-corrected chi connectivity index (χ3v) is 2.93. The van der Waals surface area contributed by atoms with Crippen LogP contribution in [0.1, 0.15) is 16.8 Å². The summed E-state index contributed by atoms with van der Waals surface area (Å²) in [4.78, 5) is 22.6. The van der Waals surface area contributed by atoms with Gasteiger partial charge in [-0.15, -0.1) is 0 Å². The van der Waals surface area contributed by atoms with E-state index in [4.69, 9.17) is 5.11 Å². The molecule has 7 heteroatoms. The van der Waals surface area contributed by atoms with E-state index < -0.39 is 12.1 Å². The number of amides is 1. The van der Waals surface area contributed by atoms with E-state index in [-0.39, 0.29) is 29.9 Å². The Morgan fingerprint density at radius 2 is 2.11 bits per heavy atom. The zero-order valence-electron chi connectivity index (χ0n) is 10.0. The molecule has 0 bridgehead atoms. The molecule has 0 aromatic heterocycles. The summed E-state index contributed by atoms with van der Waals surface area (Å²) in [6.07, 6.45) is -0.0316. The Balaban J connectivity index is 0.00000180. The zero-order valence-corrected chi connectivity index (χ0v) is 10.8. The van der Waals surface area contributed by atoms with Gasteiger partial charge in [0.1, 0.15) is 12.6 Å². The van der Waals surface area contributed by atoms with Gasteiger partial charge in [0.2, 0.25) is 0 Å². The number of aliphatic hydroxyl groups excluding tert-OH is 1. The molecule has 1 aliphatic rings. The molecule has 104 valence electrons. The Kier molecular flexibility index (Phi) is 5.29. The van der Waals surface area contributed by atoms with Crippen molar-refractivity contribution in [2.75, 3.05) is 11.9 Å². The molecular weight excluding hydrogens is 272 g/mol. The molecule has 0 spiro atoms. The minimum atomic E-state index is -1.03. The number of carbonyl (C=O) groups is 2. The molecule has 1 aromatic carbocycles. The second-order valence-corrected chi connectivity index (χ2v) is 4.34. The van der Waals surface area contributed by atoms with Gasteiger partial charge >= 0.3 is 5.97 Å². The number of aromatic carboxylic acids is 1. The highest BCUT2D eigenvalue weighted by Crippen LogP contribution is 2.11. The molecule has 1 fully saturated rings. The zero-order chi connectivity index (χ0) is 13.1.